The molecule has 102 valence electrons. The summed E-state index contributed by atoms with van der Waals surface area (Å²) in [6.45, 7) is 7.59. The van der Waals surface area contributed by atoms with Crippen LogP contribution in [-0.2, 0) is 6.42 Å². The van der Waals surface area contributed by atoms with Crippen molar-refractivity contribution >= 4 is 0 Å². The Morgan fingerprint density at radius 1 is 0.950 bits per heavy atom. The SMILES string of the molecule is C=CCc1cc(C(C=C)c2ccc(O)cc2)ccc1O. The number of phenols is 2. The summed E-state index contributed by atoms with van der Waals surface area (Å²) in [6, 6.07) is 12.6. The Morgan fingerprint density at radius 2 is 1.60 bits per heavy atom. The maximum absolute atomic E-state index is 9.82. The largest absolute Gasteiger partial charge is 0.508 e. The molecule has 2 aromatic rings. The molecule has 0 aliphatic rings. The number of rotatable bonds is 5. The van der Waals surface area contributed by atoms with E-state index in [4.69, 9.17) is 0 Å². The fourth-order valence-electron chi connectivity index (χ4n) is 2.26. The summed E-state index contributed by atoms with van der Waals surface area (Å²) in [6.07, 6.45) is 4.25. The predicted molar refractivity (Wildman–Crippen MR) is 82.2 cm³/mol. The van der Waals surface area contributed by atoms with Gasteiger partial charge >= 0.3 is 0 Å². The molecule has 0 saturated heterocycles. The van der Waals surface area contributed by atoms with Crippen LogP contribution < -0.4 is 0 Å². The molecule has 0 bridgehead atoms. The van der Waals surface area contributed by atoms with Crippen LogP contribution in [0.15, 0.2) is 67.8 Å². The van der Waals surface area contributed by atoms with E-state index in [0.29, 0.717) is 6.42 Å². The first-order chi connectivity index (χ1) is 9.65. The molecule has 0 amide bonds. The van der Waals surface area contributed by atoms with Gasteiger partial charge in [0.15, 0.2) is 0 Å². The van der Waals surface area contributed by atoms with Crippen molar-refractivity contribution in [3.63, 3.8) is 0 Å². The minimum Gasteiger partial charge on any atom is -0.508 e. The summed E-state index contributed by atoms with van der Waals surface area (Å²) in [4.78, 5) is 0. The number of allylic oxidation sites excluding steroid dienone is 2. The van der Waals surface area contributed by atoms with E-state index in [1.54, 1.807) is 24.3 Å². The number of hydrogen-bond acceptors (Lipinski definition) is 2. The molecule has 2 rings (SSSR count). The molecule has 2 N–H and O–H groups in total. The van der Waals surface area contributed by atoms with Crippen LogP contribution >= 0.6 is 0 Å². The van der Waals surface area contributed by atoms with Crippen LogP contribution in [-0.4, -0.2) is 10.2 Å². The zero-order chi connectivity index (χ0) is 14.5. The molecule has 2 heteroatoms. The van der Waals surface area contributed by atoms with E-state index in [2.05, 4.69) is 13.2 Å². The summed E-state index contributed by atoms with van der Waals surface area (Å²) >= 11 is 0. The highest BCUT2D eigenvalue weighted by atomic mass is 16.3. The molecule has 0 spiro atoms. The second-order valence-corrected chi connectivity index (χ2v) is 4.69. The van der Waals surface area contributed by atoms with Gasteiger partial charge in [-0.2, -0.15) is 0 Å². The van der Waals surface area contributed by atoms with Crippen molar-refractivity contribution in [2.24, 2.45) is 0 Å². The van der Waals surface area contributed by atoms with Crippen molar-refractivity contribution in [2.75, 3.05) is 0 Å². The molecule has 0 heterocycles. The van der Waals surface area contributed by atoms with Gasteiger partial charge in [-0.25, -0.2) is 0 Å². The fraction of sp³-hybridized carbons (Fsp3) is 0.111. The summed E-state index contributed by atoms with van der Waals surface area (Å²) < 4.78 is 0. The Balaban J connectivity index is 2.41. The molecule has 2 nitrogen and oxygen atoms in total. The second-order valence-electron chi connectivity index (χ2n) is 4.69. The highest BCUT2D eigenvalue weighted by Gasteiger charge is 2.12. The molecule has 20 heavy (non-hydrogen) atoms. The van der Waals surface area contributed by atoms with Crippen LogP contribution in [0.5, 0.6) is 11.5 Å². The average Bonchev–Trinajstić information content (AvgIpc) is 2.45. The van der Waals surface area contributed by atoms with E-state index < -0.39 is 0 Å². The van der Waals surface area contributed by atoms with Crippen LogP contribution in [0.3, 0.4) is 0 Å². The van der Waals surface area contributed by atoms with Gasteiger partial charge in [-0.3, -0.25) is 0 Å². The van der Waals surface area contributed by atoms with Gasteiger partial charge in [-0.15, -0.1) is 13.2 Å². The van der Waals surface area contributed by atoms with Crippen molar-refractivity contribution < 1.29 is 10.2 Å². The van der Waals surface area contributed by atoms with E-state index in [-0.39, 0.29) is 17.4 Å². The average molecular weight is 266 g/mol. The van der Waals surface area contributed by atoms with Gasteiger partial charge in [0, 0.05) is 5.92 Å². The first-order valence-electron chi connectivity index (χ1n) is 6.50. The van der Waals surface area contributed by atoms with E-state index in [1.165, 1.54) is 0 Å². The Bertz CT molecular complexity index is 612. The van der Waals surface area contributed by atoms with Crippen LogP contribution in [0.25, 0.3) is 0 Å². The Hall–Kier alpha value is -2.48. The van der Waals surface area contributed by atoms with Gasteiger partial charge < -0.3 is 10.2 Å². The van der Waals surface area contributed by atoms with Gasteiger partial charge in [-0.1, -0.05) is 36.4 Å². The Kier molecular flexibility index (Phi) is 4.26. The summed E-state index contributed by atoms with van der Waals surface area (Å²) in [7, 11) is 0. The third kappa shape index (κ3) is 2.91. The lowest BCUT2D eigenvalue weighted by Gasteiger charge is -2.15. The zero-order valence-corrected chi connectivity index (χ0v) is 11.3. The molecule has 0 aliphatic carbocycles. The molecule has 0 radical (unpaired) electrons. The lowest BCUT2D eigenvalue weighted by Crippen LogP contribution is -1.98. The third-order valence-corrected chi connectivity index (χ3v) is 3.31. The molecule has 1 unspecified atom stereocenters. The Labute approximate surface area is 119 Å². The molecule has 0 saturated carbocycles. The molecule has 0 aromatic heterocycles. The molecular formula is C18H18O2. The Morgan fingerprint density at radius 3 is 2.20 bits per heavy atom. The summed E-state index contributed by atoms with van der Waals surface area (Å²) in [5.41, 5.74) is 2.96. The molecular weight excluding hydrogens is 248 g/mol. The normalized spacial score (nSPS) is 11.8. The van der Waals surface area contributed by atoms with E-state index in [0.717, 1.165) is 16.7 Å². The minimum absolute atomic E-state index is 0.0276. The monoisotopic (exact) mass is 266 g/mol. The highest BCUT2D eigenvalue weighted by molar-refractivity contribution is 5.44. The third-order valence-electron chi connectivity index (χ3n) is 3.31. The topological polar surface area (TPSA) is 40.5 Å². The number of benzene rings is 2. The van der Waals surface area contributed by atoms with Gasteiger partial charge in [-0.05, 0) is 41.3 Å². The number of aromatic hydroxyl groups is 2. The van der Waals surface area contributed by atoms with Crippen LogP contribution in [0.4, 0.5) is 0 Å². The number of hydrogen-bond donors (Lipinski definition) is 2. The van der Waals surface area contributed by atoms with Crippen LogP contribution in [0.2, 0.25) is 0 Å². The van der Waals surface area contributed by atoms with Crippen molar-refractivity contribution in [3.8, 4) is 11.5 Å². The number of phenolic OH excluding ortho intramolecular Hbond substituents is 2. The predicted octanol–water partition coefficient (Wildman–Crippen LogP) is 4.14. The molecule has 2 aromatic carbocycles. The van der Waals surface area contributed by atoms with Crippen molar-refractivity contribution in [2.45, 2.75) is 12.3 Å². The second kappa shape index (κ2) is 6.11. The van der Waals surface area contributed by atoms with Crippen molar-refractivity contribution in [1.82, 2.24) is 0 Å². The maximum Gasteiger partial charge on any atom is 0.119 e. The fourth-order valence-corrected chi connectivity index (χ4v) is 2.26. The molecule has 0 aliphatic heterocycles. The van der Waals surface area contributed by atoms with Crippen molar-refractivity contribution in [3.05, 3.63) is 84.5 Å². The first-order valence-corrected chi connectivity index (χ1v) is 6.50. The lowest BCUT2D eigenvalue weighted by molar-refractivity contribution is 0.469. The standard InChI is InChI=1S/C18H18O2/c1-3-5-15-12-14(8-11-18(15)20)17(4-2)13-6-9-16(19)10-7-13/h3-4,6-12,17,19-20H,1-2,5H2. The van der Waals surface area contributed by atoms with Crippen LogP contribution in [0.1, 0.15) is 22.6 Å². The van der Waals surface area contributed by atoms with Gasteiger partial charge in [0.2, 0.25) is 0 Å². The highest BCUT2D eigenvalue weighted by Crippen LogP contribution is 2.30. The quantitative estimate of drug-likeness (QED) is 0.798. The van der Waals surface area contributed by atoms with E-state index >= 15 is 0 Å². The molecule has 1 atom stereocenters. The zero-order valence-electron chi connectivity index (χ0n) is 11.3. The minimum atomic E-state index is 0.0276. The van der Waals surface area contributed by atoms with Crippen LogP contribution in [0, 0.1) is 0 Å². The van der Waals surface area contributed by atoms with E-state index in [1.807, 2.05) is 30.3 Å². The first kappa shape index (κ1) is 13.9. The molecule has 0 fully saturated rings. The summed E-state index contributed by atoms with van der Waals surface area (Å²) in [5, 5.41) is 19.2. The van der Waals surface area contributed by atoms with E-state index in [9.17, 15) is 10.2 Å². The smallest absolute Gasteiger partial charge is 0.119 e. The summed E-state index contributed by atoms with van der Waals surface area (Å²) in [5.74, 6) is 0.552. The van der Waals surface area contributed by atoms with Gasteiger partial charge in [0.05, 0.1) is 0 Å². The van der Waals surface area contributed by atoms with Gasteiger partial charge in [0.25, 0.3) is 0 Å². The van der Waals surface area contributed by atoms with Gasteiger partial charge in [0.1, 0.15) is 11.5 Å². The maximum atomic E-state index is 9.82. The van der Waals surface area contributed by atoms with Crippen molar-refractivity contribution in [1.29, 1.82) is 0 Å². The lowest BCUT2D eigenvalue weighted by atomic mass is 9.90.